The molecule has 11 heteroatoms. The molecule has 5 aliphatic rings. The van der Waals surface area contributed by atoms with E-state index < -0.39 is 72.4 Å². The Kier molecular flexibility index (Phi) is 10.2. The van der Waals surface area contributed by atoms with E-state index in [0.29, 0.717) is 25.7 Å². The molecule has 274 valence electrons. The summed E-state index contributed by atoms with van der Waals surface area (Å²) in [5.41, 5.74) is -3.71. The average Bonchev–Trinajstić information content (AvgIpc) is 3.50. The summed E-state index contributed by atoms with van der Waals surface area (Å²) in [5.74, 6) is 0.352. The summed E-state index contributed by atoms with van der Waals surface area (Å²) in [6, 6.07) is 0. The minimum atomic E-state index is -1.49. The summed E-state index contributed by atoms with van der Waals surface area (Å²) < 4.78 is 18.9. The first-order valence-corrected chi connectivity index (χ1v) is 18.0. The molecule has 5 fully saturated rings. The average molecular weight is 673 g/mol. The summed E-state index contributed by atoms with van der Waals surface area (Å²) in [6.07, 6.45) is -2.91. The van der Waals surface area contributed by atoms with Gasteiger partial charge in [-0.15, -0.1) is 0 Å². The van der Waals surface area contributed by atoms with Gasteiger partial charge in [-0.1, -0.05) is 27.7 Å². The van der Waals surface area contributed by atoms with Crippen LogP contribution in [-0.4, -0.2) is 119 Å². The van der Waals surface area contributed by atoms with Crippen LogP contribution in [0.2, 0.25) is 0 Å². The maximum absolute atomic E-state index is 11.9. The number of rotatable bonds is 9. The van der Waals surface area contributed by atoms with Crippen molar-refractivity contribution < 1.29 is 55.1 Å². The van der Waals surface area contributed by atoms with Crippen LogP contribution in [0.25, 0.3) is 0 Å². The van der Waals surface area contributed by atoms with Gasteiger partial charge in [-0.3, -0.25) is 0 Å². The molecule has 2 heterocycles. The Bertz CT molecular complexity index is 1110. The Morgan fingerprint density at radius 2 is 1.47 bits per heavy atom. The van der Waals surface area contributed by atoms with Crippen molar-refractivity contribution in [3.05, 3.63) is 0 Å². The normalized spacial score (nSPS) is 50.4. The molecule has 5 rings (SSSR count). The molecular weight excluding hydrogens is 608 g/mol. The number of ether oxygens (including phenoxy) is 3. The maximum atomic E-state index is 11.9. The molecule has 0 aromatic carbocycles. The fourth-order valence-electron chi connectivity index (χ4n) is 11.5. The summed E-state index contributed by atoms with van der Waals surface area (Å²) in [6.45, 7) is 15.5. The van der Waals surface area contributed by atoms with Gasteiger partial charge in [-0.05, 0) is 114 Å². The van der Waals surface area contributed by atoms with E-state index in [4.69, 9.17) is 14.2 Å². The number of aliphatic hydroxyl groups is 8. The number of hydrogen-bond donors (Lipinski definition) is 8. The maximum Gasteiger partial charge on any atom is 0.186 e. The molecular formula is C36H64O11. The van der Waals surface area contributed by atoms with E-state index in [0.717, 1.165) is 19.3 Å². The van der Waals surface area contributed by atoms with Crippen molar-refractivity contribution in [2.45, 2.75) is 185 Å². The van der Waals surface area contributed by atoms with Gasteiger partial charge in [0.2, 0.25) is 0 Å². The molecule has 0 radical (unpaired) electrons. The third kappa shape index (κ3) is 6.36. The van der Waals surface area contributed by atoms with Crippen molar-refractivity contribution in [1.29, 1.82) is 0 Å². The number of fused-ring (bicyclic) bond motifs is 3. The van der Waals surface area contributed by atoms with Crippen molar-refractivity contribution in [3.8, 4) is 0 Å². The Balaban J connectivity index is 1.31. The van der Waals surface area contributed by atoms with Crippen LogP contribution >= 0.6 is 0 Å². The zero-order valence-electron chi connectivity index (χ0n) is 29.8. The molecule has 8 N–H and O–H groups in total. The predicted octanol–water partition coefficient (Wildman–Crippen LogP) is 2.01. The van der Waals surface area contributed by atoms with Crippen LogP contribution in [0.1, 0.15) is 113 Å². The molecule has 0 aromatic rings. The molecule has 2 aliphatic heterocycles. The lowest BCUT2D eigenvalue weighted by atomic mass is 9.42. The van der Waals surface area contributed by atoms with Gasteiger partial charge in [-0.25, -0.2) is 0 Å². The van der Waals surface area contributed by atoms with Gasteiger partial charge in [0.15, 0.2) is 6.29 Å². The molecule has 3 saturated carbocycles. The van der Waals surface area contributed by atoms with Crippen LogP contribution < -0.4 is 0 Å². The second kappa shape index (κ2) is 12.7. The van der Waals surface area contributed by atoms with E-state index in [2.05, 4.69) is 34.6 Å². The highest BCUT2D eigenvalue weighted by Crippen LogP contribution is 2.72. The van der Waals surface area contributed by atoms with Gasteiger partial charge in [-0.2, -0.15) is 0 Å². The van der Waals surface area contributed by atoms with Crippen molar-refractivity contribution >= 4 is 0 Å². The van der Waals surface area contributed by atoms with Crippen molar-refractivity contribution in [2.75, 3.05) is 6.61 Å². The first-order valence-electron chi connectivity index (χ1n) is 18.0. The molecule has 0 spiro atoms. The molecule has 0 bridgehead atoms. The standard InChI is InChI=1S/C36H64O11/c1-31(2)21-9-13-34(6)22(33(21,5)14-11-24(31)46-30-28(42)27(41)26(40)20(18-37)45-30)17-19(38)29(34)36(8)16-12-25(47-36)35(7,44)15-10-23(39)32(3,4)43/h19-30,37-44H,9-18H2,1-8H3/t19-,20+,21-,22-,23+,24-,25+,26+,27-,28+,29+,30-,33-,34+,35-,36+/m0/s1. The lowest BCUT2D eigenvalue weighted by molar-refractivity contribution is -0.329. The summed E-state index contributed by atoms with van der Waals surface area (Å²) in [4.78, 5) is 0. The van der Waals surface area contributed by atoms with Gasteiger partial charge < -0.3 is 55.1 Å². The quantitative estimate of drug-likeness (QED) is 0.167. The van der Waals surface area contributed by atoms with Crippen LogP contribution in [0.3, 0.4) is 0 Å². The predicted molar refractivity (Wildman–Crippen MR) is 173 cm³/mol. The molecule has 2 saturated heterocycles. The number of aliphatic hydroxyl groups excluding tert-OH is 6. The smallest absolute Gasteiger partial charge is 0.186 e. The van der Waals surface area contributed by atoms with Gasteiger partial charge in [0, 0.05) is 5.92 Å². The zero-order chi connectivity index (χ0) is 35.1. The lowest BCUT2D eigenvalue weighted by Gasteiger charge is -2.64. The first-order chi connectivity index (χ1) is 21.5. The molecule has 47 heavy (non-hydrogen) atoms. The van der Waals surface area contributed by atoms with Gasteiger partial charge in [0.05, 0.1) is 47.8 Å². The Hall–Kier alpha value is -0.440. The lowest BCUT2D eigenvalue weighted by Crippen LogP contribution is -2.63. The van der Waals surface area contributed by atoms with E-state index in [9.17, 15) is 40.9 Å². The summed E-state index contributed by atoms with van der Waals surface area (Å²) in [7, 11) is 0. The highest BCUT2D eigenvalue weighted by atomic mass is 16.7. The largest absolute Gasteiger partial charge is 0.394 e. The Morgan fingerprint density at radius 3 is 2.09 bits per heavy atom. The van der Waals surface area contributed by atoms with Gasteiger partial charge in [0.25, 0.3) is 0 Å². The van der Waals surface area contributed by atoms with Crippen LogP contribution in [0, 0.1) is 34.0 Å². The van der Waals surface area contributed by atoms with Crippen LogP contribution in [0.4, 0.5) is 0 Å². The van der Waals surface area contributed by atoms with Crippen LogP contribution in [-0.2, 0) is 14.2 Å². The second-order valence-electron chi connectivity index (χ2n) is 18.1. The van der Waals surface area contributed by atoms with Gasteiger partial charge >= 0.3 is 0 Å². The van der Waals surface area contributed by atoms with E-state index in [1.807, 2.05) is 0 Å². The molecule has 0 aromatic heterocycles. The monoisotopic (exact) mass is 672 g/mol. The van der Waals surface area contributed by atoms with Crippen molar-refractivity contribution in [1.82, 2.24) is 0 Å². The molecule has 16 atom stereocenters. The van der Waals surface area contributed by atoms with E-state index in [-0.39, 0.29) is 52.9 Å². The van der Waals surface area contributed by atoms with E-state index in [1.54, 1.807) is 20.8 Å². The molecule has 0 amide bonds. The topological polar surface area (TPSA) is 190 Å². The number of hydrogen-bond acceptors (Lipinski definition) is 11. The van der Waals surface area contributed by atoms with Crippen molar-refractivity contribution in [3.63, 3.8) is 0 Å². The Morgan fingerprint density at radius 1 is 0.830 bits per heavy atom. The Labute approximate surface area is 280 Å². The minimum Gasteiger partial charge on any atom is -0.394 e. The van der Waals surface area contributed by atoms with Crippen LogP contribution in [0.15, 0.2) is 0 Å². The molecule has 0 unspecified atom stereocenters. The highest BCUT2D eigenvalue weighted by molar-refractivity contribution is 5.18. The fraction of sp³-hybridized carbons (Fsp3) is 1.00. The minimum absolute atomic E-state index is 0.103. The van der Waals surface area contributed by atoms with Gasteiger partial charge in [0.1, 0.15) is 24.4 Å². The fourth-order valence-corrected chi connectivity index (χ4v) is 11.5. The van der Waals surface area contributed by atoms with Crippen LogP contribution in [0.5, 0.6) is 0 Å². The third-order valence-corrected chi connectivity index (χ3v) is 14.2. The SMILES string of the molecule is CC(C)(O)[C@H](O)CC[C@](C)(O)[C@H]1CC[C@](C)([C@@H]2[C@@H](O)C[C@@H]3[C@@]2(C)CC[C@H]2C(C)(C)[C@@H](O[C@@H]4O[C@H](CO)[C@@H](O)[C@H](O)[C@H]4O)CC[C@]32C)O1. The molecule has 11 nitrogen and oxygen atoms in total. The third-order valence-electron chi connectivity index (χ3n) is 14.2. The summed E-state index contributed by atoms with van der Waals surface area (Å²) >= 11 is 0. The first kappa shape index (κ1) is 37.8. The molecule has 3 aliphatic carbocycles. The summed E-state index contributed by atoms with van der Waals surface area (Å²) in [5, 5.41) is 84.8. The van der Waals surface area contributed by atoms with Crippen molar-refractivity contribution in [2.24, 2.45) is 34.0 Å². The second-order valence-corrected chi connectivity index (χ2v) is 18.1. The van der Waals surface area contributed by atoms with E-state index in [1.165, 1.54) is 0 Å². The van der Waals surface area contributed by atoms with E-state index >= 15 is 0 Å². The zero-order valence-corrected chi connectivity index (χ0v) is 29.8. The highest BCUT2D eigenvalue weighted by Gasteiger charge is 2.69.